The van der Waals surface area contributed by atoms with Gasteiger partial charge in [0.2, 0.25) is 11.9 Å². The number of halogens is 4. The molecule has 0 aliphatic carbocycles. The molecule has 0 aromatic heterocycles. The molecule has 0 heterocycles. The van der Waals surface area contributed by atoms with Gasteiger partial charge >= 0.3 is 6.18 Å². The molecule has 124 valence electrons. The SMILES string of the molecule is CN(N)/C(=N\N)NC(=O)C(=N)/C(Cl)=C(/CC(F)(F)F)C(N)=O. The molecule has 0 rings (SSSR count). The number of nitrogens with one attached hydrogen (secondary N) is 2. The van der Waals surface area contributed by atoms with E-state index in [-0.39, 0.29) is 0 Å². The van der Waals surface area contributed by atoms with Gasteiger partial charge in [0, 0.05) is 12.6 Å². The van der Waals surface area contributed by atoms with Gasteiger partial charge in [-0.25, -0.2) is 5.84 Å². The lowest BCUT2D eigenvalue weighted by Gasteiger charge is -2.15. The van der Waals surface area contributed by atoms with Gasteiger partial charge in [0.15, 0.2) is 0 Å². The van der Waals surface area contributed by atoms with Crippen molar-refractivity contribution in [3.05, 3.63) is 10.6 Å². The largest absolute Gasteiger partial charge is 0.393 e. The molecule has 0 bridgehead atoms. The Morgan fingerprint density at radius 3 is 2.23 bits per heavy atom. The van der Waals surface area contributed by atoms with Crippen LogP contribution in [0.2, 0.25) is 0 Å². The quantitative estimate of drug-likeness (QED) is 0.146. The molecule has 9 nitrogen and oxygen atoms in total. The molecular weight excluding hydrogens is 331 g/mol. The van der Waals surface area contributed by atoms with Gasteiger partial charge in [-0.15, -0.1) is 5.10 Å². The Balaban J connectivity index is 5.42. The molecule has 0 atom stereocenters. The first-order valence-corrected chi connectivity index (χ1v) is 5.70. The normalized spacial score (nSPS) is 13.3. The molecule has 0 unspecified atom stereocenters. The maximum atomic E-state index is 12.3. The molecule has 0 saturated heterocycles. The van der Waals surface area contributed by atoms with E-state index in [4.69, 9.17) is 34.4 Å². The van der Waals surface area contributed by atoms with E-state index in [1.54, 1.807) is 0 Å². The number of hydrogen-bond donors (Lipinski definition) is 5. The Hall–Kier alpha value is -2.34. The molecule has 2 amide bonds. The Labute approximate surface area is 127 Å². The van der Waals surface area contributed by atoms with Crippen molar-refractivity contribution >= 4 is 35.1 Å². The van der Waals surface area contributed by atoms with Gasteiger partial charge in [-0.1, -0.05) is 11.6 Å². The third-order valence-corrected chi connectivity index (χ3v) is 2.48. The highest BCUT2D eigenvalue weighted by atomic mass is 35.5. The second-order valence-electron chi connectivity index (χ2n) is 3.84. The summed E-state index contributed by atoms with van der Waals surface area (Å²) in [5.74, 6) is 6.95. The van der Waals surface area contributed by atoms with Crippen molar-refractivity contribution in [2.24, 2.45) is 22.5 Å². The first-order valence-electron chi connectivity index (χ1n) is 5.32. The zero-order chi connectivity index (χ0) is 17.7. The standard InChI is InChI=1S/C9H13ClF3N7O2/c1-20(17)8(19-16)18-7(22)5(14)4(10)3(6(15)21)2-9(11,12)13/h14H,2,16-17H2,1H3,(H2,15,21)(H,18,19,22)/b4-3+,14-5?. The molecule has 0 fully saturated rings. The zero-order valence-electron chi connectivity index (χ0n) is 11.2. The van der Waals surface area contributed by atoms with Crippen molar-refractivity contribution in [1.29, 1.82) is 5.41 Å². The summed E-state index contributed by atoms with van der Waals surface area (Å²) in [6.07, 6.45) is -6.59. The number of primary amides is 1. The van der Waals surface area contributed by atoms with Crippen molar-refractivity contribution in [2.75, 3.05) is 7.05 Å². The van der Waals surface area contributed by atoms with Crippen LogP contribution >= 0.6 is 11.6 Å². The second-order valence-corrected chi connectivity index (χ2v) is 4.22. The summed E-state index contributed by atoms with van der Waals surface area (Å²) in [4.78, 5) is 22.7. The minimum atomic E-state index is -4.80. The summed E-state index contributed by atoms with van der Waals surface area (Å²) >= 11 is 5.48. The van der Waals surface area contributed by atoms with Gasteiger partial charge in [-0.2, -0.15) is 13.2 Å². The third-order valence-electron chi connectivity index (χ3n) is 2.07. The molecular formula is C9H13ClF3N7O2. The molecule has 13 heteroatoms. The van der Waals surface area contributed by atoms with E-state index in [2.05, 4.69) is 5.10 Å². The highest BCUT2D eigenvalue weighted by Crippen LogP contribution is 2.27. The Morgan fingerprint density at radius 1 is 1.41 bits per heavy atom. The van der Waals surface area contributed by atoms with Crippen LogP contribution in [0.5, 0.6) is 0 Å². The predicted octanol–water partition coefficient (Wildman–Crippen LogP) is -0.912. The summed E-state index contributed by atoms with van der Waals surface area (Å²) < 4.78 is 37.0. The van der Waals surface area contributed by atoms with Crippen LogP contribution in [0.3, 0.4) is 0 Å². The van der Waals surface area contributed by atoms with Crippen LogP contribution in [0.1, 0.15) is 6.42 Å². The van der Waals surface area contributed by atoms with Crippen molar-refractivity contribution in [2.45, 2.75) is 12.6 Å². The van der Waals surface area contributed by atoms with Crippen molar-refractivity contribution < 1.29 is 22.8 Å². The lowest BCUT2D eigenvalue weighted by Crippen LogP contribution is -2.48. The molecule has 0 aromatic carbocycles. The summed E-state index contributed by atoms with van der Waals surface area (Å²) in [7, 11) is 1.24. The van der Waals surface area contributed by atoms with Crippen molar-refractivity contribution in [3.8, 4) is 0 Å². The topological polar surface area (TPSA) is 164 Å². The molecule has 22 heavy (non-hydrogen) atoms. The summed E-state index contributed by atoms with van der Waals surface area (Å²) in [6, 6.07) is 0. The number of hydrazone groups is 1. The van der Waals surface area contributed by atoms with Crippen molar-refractivity contribution in [1.82, 2.24) is 10.3 Å². The Kier molecular flexibility index (Phi) is 6.80. The smallest absolute Gasteiger partial charge is 0.366 e. The number of guanidine groups is 1. The molecule has 0 saturated carbocycles. The van der Waals surface area contributed by atoms with Gasteiger partial charge in [-0.3, -0.25) is 25.3 Å². The first-order chi connectivity index (χ1) is 9.90. The van der Waals surface area contributed by atoms with E-state index < -0.39 is 46.7 Å². The van der Waals surface area contributed by atoms with E-state index in [9.17, 15) is 22.8 Å². The van der Waals surface area contributed by atoms with E-state index in [1.807, 2.05) is 5.32 Å². The van der Waals surface area contributed by atoms with E-state index in [1.165, 1.54) is 7.05 Å². The fourth-order valence-corrected chi connectivity index (χ4v) is 1.35. The molecule has 0 aromatic rings. The molecule has 0 radical (unpaired) electrons. The van der Waals surface area contributed by atoms with Crippen LogP contribution in [0.4, 0.5) is 13.2 Å². The van der Waals surface area contributed by atoms with Crippen LogP contribution in [0, 0.1) is 5.41 Å². The van der Waals surface area contributed by atoms with Gasteiger partial charge in [0.05, 0.1) is 11.5 Å². The number of nitrogens with zero attached hydrogens (tertiary/aromatic N) is 2. The minimum absolute atomic E-state index is 0.393. The average molecular weight is 344 g/mol. The second kappa shape index (κ2) is 7.61. The lowest BCUT2D eigenvalue weighted by molar-refractivity contribution is -0.133. The molecule has 8 N–H and O–H groups in total. The van der Waals surface area contributed by atoms with Crippen LogP contribution < -0.4 is 22.7 Å². The van der Waals surface area contributed by atoms with Gasteiger partial charge in [0.25, 0.3) is 5.91 Å². The summed E-state index contributed by atoms with van der Waals surface area (Å²) in [6.45, 7) is 0. The zero-order valence-corrected chi connectivity index (χ0v) is 11.9. The van der Waals surface area contributed by atoms with Crippen molar-refractivity contribution in [3.63, 3.8) is 0 Å². The highest BCUT2D eigenvalue weighted by Gasteiger charge is 2.34. The maximum absolute atomic E-state index is 12.3. The Bertz CT molecular complexity index is 542. The number of alkyl halides is 3. The number of carbonyl (C=O) groups excluding carboxylic acids is 2. The van der Waals surface area contributed by atoms with Gasteiger partial charge < -0.3 is 11.6 Å². The fraction of sp³-hybridized carbons (Fsp3) is 0.333. The number of amides is 2. The van der Waals surface area contributed by atoms with Crippen LogP contribution in [0.25, 0.3) is 0 Å². The molecule has 0 spiro atoms. The number of hydrazine groups is 1. The number of carbonyl (C=O) groups is 2. The molecule has 0 aliphatic rings. The van der Waals surface area contributed by atoms with Crippen LogP contribution in [-0.4, -0.2) is 41.7 Å². The van der Waals surface area contributed by atoms with Gasteiger partial charge in [0.1, 0.15) is 5.71 Å². The molecule has 0 aliphatic heterocycles. The fourth-order valence-electron chi connectivity index (χ4n) is 1.10. The lowest BCUT2D eigenvalue weighted by atomic mass is 10.1. The monoisotopic (exact) mass is 343 g/mol. The summed E-state index contributed by atoms with van der Waals surface area (Å²) in [5.41, 5.74) is 2.52. The Morgan fingerprint density at radius 2 is 1.91 bits per heavy atom. The van der Waals surface area contributed by atoms with E-state index >= 15 is 0 Å². The predicted molar refractivity (Wildman–Crippen MR) is 72.2 cm³/mol. The average Bonchev–Trinajstić information content (AvgIpc) is 2.38. The maximum Gasteiger partial charge on any atom is 0.393 e. The third kappa shape index (κ3) is 5.97. The first kappa shape index (κ1) is 19.7. The number of hydrogen-bond acceptors (Lipinski definition) is 6. The summed E-state index contributed by atoms with van der Waals surface area (Å²) in [5, 5.41) is 12.1. The minimum Gasteiger partial charge on any atom is -0.366 e. The van der Waals surface area contributed by atoms with Gasteiger partial charge in [-0.05, 0) is 0 Å². The van der Waals surface area contributed by atoms with E-state index in [0.29, 0.717) is 0 Å². The van der Waals surface area contributed by atoms with E-state index in [0.717, 1.165) is 5.01 Å². The number of rotatable bonds is 4. The number of nitrogens with two attached hydrogens (primary N) is 3. The highest BCUT2D eigenvalue weighted by molar-refractivity contribution is 6.60. The van der Waals surface area contributed by atoms with Crippen LogP contribution in [-0.2, 0) is 9.59 Å². The van der Waals surface area contributed by atoms with Crippen LogP contribution in [0.15, 0.2) is 15.7 Å².